The average molecular weight is 265 g/mol. The molecule has 0 saturated heterocycles. The van der Waals surface area contributed by atoms with E-state index in [-0.39, 0.29) is 5.41 Å². The van der Waals surface area contributed by atoms with E-state index < -0.39 is 0 Å². The molecular formula is C17H19N3. The average Bonchev–Trinajstić information content (AvgIpc) is 2.83. The lowest BCUT2D eigenvalue weighted by molar-refractivity contribution is 0.594. The Hall–Kier alpha value is -2.16. The molecule has 102 valence electrons. The SMILES string of the molecule is Cc1ccn(-c2cc(C(C)(C)C)c3ccccc3n2)n1. The molecule has 20 heavy (non-hydrogen) atoms. The van der Waals surface area contributed by atoms with E-state index in [0.717, 1.165) is 17.0 Å². The van der Waals surface area contributed by atoms with Crippen LogP contribution in [0.25, 0.3) is 16.7 Å². The van der Waals surface area contributed by atoms with Crippen molar-refractivity contribution in [3.05, 3.63) is 53.9 Å². The topological polar surface area (TPSA) is 30.7 Å². The Morgan fingerprint density at radius 2 is 1.80 bits per heavy atom. The van der Waals surface area contributed by atoms with E-state index in [1.54, 1.807) is 0 Å². The molecule has 0 amide bonds. The summed E-state index contributed by atoms with van der Waals surface area (Å²) in [5.41, 5.74) is 3.38. The number of hydrogen-bond donors (Lipinski definition) is 0. The first-order valence-electron chi connectivity index (χ1n) is 6.88. The maximum Gasteiger partial charge on any atom is 0.154 e. The Bertz CT molecular complexity index is 763. The van der Waals surface area contributed by atoms with Crippen molar-refractivity contribution < 1.29 is 0 Å². The molecule has 2 aromatic heterocycles. The highest BCUT2D eigenvalue weighted by Gasteiger charge is 2.19. The van der Waals surface area contributed by atoms with Crippen LogP contribution in [-0.4, -0.2) is 14.8 Å². The van der Waals surface area contributed by atoms with Crippen molar-refractivity contribution in [2.24, 2.45) is 0 Å². The lowest BCUT2D eigenvalue weighted by Crippen LogP contribution is -2.13. The van der Waals surface area contributed by atoms with Crippen molar-refractivity contribution in [3.63, 3.8) is 0 Å². The molecule has 0 radical (unpaired) electrons. The van der Waals surface area contributed by atoms with Crippen LogP contribution in [0, 0.1) is 6.92 Å². The second-order valence-electron chi connectivity index (χ2n) is 6.20. The lowest BCUT2D eigenvalue weighted by Gasteiger charge is -2.22. The third-order valence-corrected chi connectivity index (χ3v) is 3.47. The standard InChI is InChI=1S/C17H19N3/c1-12-9-10-20(19-12)16-11-14(17(2,3)4)13-7-5-6-8-15(13)18-16/h5-11H,1-4H3. The van der Waals surface area contributed by atoms with Crippen LogP contribution in [0.3, 0.4) is 0 Å². The zero-order valence-electron chi connectivity index (χ0n) is 12.4. The Morgan fingerprint density at radius 1 is 1.05 bits per heavy atom. The minimum Gasteiger partial charge on any atom is -0.229 e. The van der Waals surface area contributed by atoms with Gasteiger partial charge in [-0.15, -0.1) is 0 Å². The highest BCUT2D eigenvalue weighted by Crippen LogP contribution is 2.30. The third kappa shape index (κ3) is 2.20. The molecule has 0 fully saturated rings. The van der Waals surface area contributed by atoms with Crippen LogP contribution in [0.2, 0.25) is 0 Å². The van der Waals surface area contributed by atoms with Gasteiger partial charge in [0.15, 0.2) is 5.82 Å². The molecule has 0 bridgehead atoms. The van der Waals surface area contributed by atoms with Crippen molar-refractivity contribution in [1.29, 1.82) is 0 Å². The fraction of sp³-hybridized carbons (Fsp3) is 0.294. The van der Waals surface area contributed by atoms with Gasteiger partial charge in [0, 0.05) is 11.6 Å². The van der Waals surface area contributed by atoms with Crippen LogP contribution >= 0.6 is 0 Å². The summed E-state index contributed by atoms with van der Waals surface area (Å²) in [5.74, 6) is 0.877. The van der Waals surface area contributed by atoms with Crippen molar-refractivity contribution in [1.82, 2.24) is 14.8 Å². The number of aryl methyl sites for hydroxylation is 1. The van der Waals surface area contributed by atoms with Crippen molar-refractivity contribution in [2.45, 2.75) is 33.1 Å². The first kappa shape index (κ1) is 12.9. The Kier molecular flexibility index (Phi) is 2.85. The molecule has 0 unspecified atom stereocenters. The fourth-order valence-electron chi connectivity index (χ4n) is 2.44. The monoisotopic (exact) mass is 265 g/mol. The number of hydrogen-bond acceptors (Lipinski definition) is 2. The van der Waals surface area contributed by atoms with E-state index in [4.69, 9.17) is 4.98 Å². The van der Waals surface area contributed by atoms with Crippen LogP contribution in [0.1, 0.15) is 32.0 Å². The predicted molar refractivity (Wildman–Crippen MR) is 82.3 cm³/mol. The van der Waals surface area contributed by atoms with Gasteiger partial charge in [-0.25, -0.2) is 9.67 Å². The summed E-state index contributed by atoms with van der Waals surface area (Å²) in [6, 6.07) is 12.4. The molecule has 0 spiro atoms. The molecule has 0 atom stereocenters. The summed E-state index contributed by atoms with van der Waals surface area (Å²) >= 11 is 0. The molecule has 0 N–H and O–H groups in total. The number of benzene rings is 1. The molecule has 0 aliphatic carbocycles. The Labute approximate surface area is 119 Å². The van der Waals surface area contributed by atoms with E-state index in [2.05, 4.69) is 50.1 Å². The zero-order chi connectivity index (χ0) is 14.3. The van der Waals surface area contributed by atoms with Gasteiger partial charge in [-0.05, 0) is 36.1 Å². The summed E-state index contributed by atoms with van der Waals surface area (Å²) in [6.45, 7) is 8.68. The van der Waals surface area contributed by atoms with Gasteiger partial charge in [0.1, 0.15) is 0 Å². The van der Waals surface area contributed by atoms with Crippen molar-refractivity contribution in [3.8, 4) is 5.82 Å². The molecule has 0 aliphatic heterocycles. The van der Waals surface area contributed by atoms with Gasteiger partial charge < -0.3 is 0 Å². The number of nitrogens with zero attached hydrogens (tertiary/aromatic N) is 3. The normalized spacial score (nSPS) is 12.0. The first-order valence-corrected chi connectivity index (χ1v) is 6.88. The minimum atomic E-state index is 0.0689. The van der Waals surface area contributed by atoms with Gasteiger partial charge in [0.25, 0.3) is 0 Å². The molecule has 3 rings (SSSR count). The molecule has 3 heteroatoms. The number of aromatic nitrogens is 3. The predicted octanol–water partition coefficient (Wildman–Crippen LogP) is 4.03. The van der Waals surface area contributed by atoms with Crippen LogP contribution in [0.5, 0.6) is 0 Å². The van der Waals surface area contributed by atoms with E-state index in [9.17, 15) is 0 Å². The third-order valence-electron chi connectivity index (χ3n) is 3.47. The number of rotatable bonds is 1. The fourth-order valence-corrected chi connectivity index (χ4v) is 2.44. The van der Waals surface area contributed by atoms with Gasteiger partial charge in [-0.1, -0.05) is 39.0 Å². The Balaban J connectivity index is 2.30. The largest absolute Gasteiger partial charge is 0.229 e. The summed E-state index contributed by atoms with van der Waals surface area (Å²) in [5, 5.41) is 5.68. The van der Waals surface area contributed by atoms with E-state index >= 15 is 0 Å². The van der Waals surface area contributed by atoms with Gasteiger partial charge in [-0.3, -0.25) is 0 Å². The molecule has 0 aliphatic rings. The summed E-state index contributed by atoms with van der Waals surface area (Å²) in [7, 11) is 0. The lowest BCUT2D eigenvalue weighted by atomic mass is 9.85. The molecule has 2 heterocycles. The highest BCUT2D eigenvalue weighted by atomic mass is 15.3. The number of pyridine rings is 1. The van der Waals surface area contributed by atoms with Crippen molar-refractivity contribution in [2.75, 3.05) is 0 Å². The summed E-state index contributed by atoms with van der Waals surface area (Å²) in [4.78, 5) is 4.73. The molecule has 1 aromatic carbocycles. The number of fused-ring (bicyclic) bond motifs is 1. The second kappa shape index (κ2) is 4.44. The molecule has 0 saturated carbocycles. The maximum atomic E-state index is 4.73. The quantitative estimate of drug-likeness (QED) is 0.665. The molecular weight excluding hydrogens is 246 g/mol. The van der Waals surface area contributed by atoms with Gasteiger partial charge >= 0.3 is 0 Å². The minimum absolute atomic E-state index is 0.0689. The van der Waals surface area contributed by atoms with Crippen LogP contribution in [0.15, 0.2) is 42.6 Å². The van der Waals surface area contributed by atoms with E-state index in [1.807, 2.05) is 29.9 Å². The summed E-state index contributed by atoms with van der Waals surface area (Å²) < 4.78 is 1.84. The number of para-hydroxylation sites is 1. The Morgan fingerprint density at radius 3 is 2.45 bits per heavy atom. The summed E-state index contributed by atoms with van der Waals surface area (Å²) in [6.07, 6.45) is 1.96. The first-order chi connectivity index (χ1) is 9.45. The van der Waals surface area contributed by atoms with Crippen LogP contribution < -0.4 is 0 Å². The molecule has 3 aromatic rings. The van der Waals surface area contributed by atoms with E-state index in [0.29, 0.717) is 0 Å². The smallest absolute Gasteiger partial charge is 0.154 e. The van der Waals surface area contributed by atoms with Crippen LogP contribution in [-0.2, 0) is 5.41 Å². The molecule has 3 nitrogen and oxygen atoms in total. The maximum absolute atomic E-state index is 4.73. The highest BCUT2D eigenvalue weighted by molar-refractivity contribution is 5.84. The van der Waals surface area contributed by atoms with Gasteiger partial charge in [0.2, 0.25) is 0 Å². The van der Waals surface area contributed by atoms with Gasteiger partial charge in [0.05, 0.1) is 11.2 Å². The van der Waals surface area contributed by atoms with Crippen molar-refractivity contribution >= 4 is 10.9 Å². The second-order valence-corrected chi connectivity index (χ2v) is 6.20. The van der Waals surface area contributed by atoms with Crippen LogP contribution in [0.4, 0.5) is 0 Å². The zero-order valence-corrected chi connectivity index (χ0v) is 12.4. The van der Waals surface area contributed by atoms with E-state index in [1.165, 1.54) is 10.9 Å². The van der Waals surface area contributed by atoms with Gasteiger partial charge in [-0.2, -0.15) is 5.10 Å².